The molecule has 104 valence electrons. The number of nitrogens with zero attached hydrogens (tertiary/aromatic N) is 1. The Bertz CT molecular complexity index is 654. The molecule has 0 radical (unpaired) electrons. The average molecular weight is 274 g/mol. The summed E-state index contributed by atoms with van der Waals surface area (Å²) >= 11 is 0. The van der Waals surface area contributed by atoms with Gasteiger partial charge in [0.25, 0.3) is 11.8 Å². The Morgan fingerprint density at radius 2 is 2.10 bits per heavy atom. The highest BCUT2D eigenvalue weighted by molar-refractivity contribution is 5.96. The third-order valence-corrected chi connectivity index (χ3v) is 2.40. The summed E-state index contributed by atoms with van der Waals surface area (Å²) in [6.45, 7) is 3.58. The van der Waals surface area contributed by atoms with Crippen molar-refractivity contribution in [1.29, 1.82) is 0 Å². The molecule has 0 unspecified atom stereocenters. The van der Waals surface area contributed by atoms with Crippen molar-refractivity contribution >= 4 is 17.9 Å². The Morgan fingerprint density at radius 1 is 1.30 bits per heavy atom. The number of aryl methyl sites for hydroxylation is 2. The molecule has 2 rings (SSSR count). The number of furan rings is 1. The smallest absolute Gasteiger partial charge is 0.290 e. The number of hydrazine groups is 1. The van der Waals surface area contributed by atoms with Crippen LogP contribution in [0.3, 0.4) is 0 Å². The lowest BCUT2D eigenvalue weighted by molar-refractivity contribution is -0.117. The largest absolute Gasteiger partial charge is 0.462 e. The van der Waals surface area contributed by atoms with Crippen LogP contribution < -0.4 is 10.9 Å². The number of H-pyrrole nitrogens is 1. The molecule has 0 saturated heterocycles. The van der Waals surface area contributed by atoms with Crippen molar-refractivity contribution in [3.63, 3.8) is 0 Å². The summed E-state index contributed by atoms with van der Waals surface area (Å²) in [5, 5.41) is 6.40. The SMILES string of the molecule is Cc1cc(C(=O)NNC(=O)/C=C/c2ccc(C)o2)n[nH]1. The van der Waals surface area contributed by atoms with Crippen LogP contribution in [0.4, 0.5) is 0 Å². The monoisotopic (exact) mass is 274 g/mol. The van der Waals surface area contributed by atoms with Gasteiger partial charge in [-0.3, -0.25) is 25.5 Å². The van der Waals surface area contributed by atoms with Crippen molar-refractivity contribution in [1.82, 2.24) is 21.0 Å². The fraction of sp³-hybridized carbons (Fsp3) is 0.154. The molecule has 0 saturated carbocycles. The zero-order valence-electron chi connectivity index (χ0n) is 11.1. The molecule has 2 aromatic rings. The second kappa shape index (κ2) is 5.87. The first-order valence-electron chi connectivity index (χ1n) is 5.91. The van der Waals surface area contributed by atoms with Crippen LogP contribution in [0.5, 0.6) is 0 Å². The first kappa shape index (κ1) is 13.6. The van der Waals surface area contributed by atoms with Crippen molar-refractivity contribution in [2.45, 2.75) is 13.8 Å². The van der Waals surface area contributed by atoms with Crippen molar-refractivity contribution in [3.05, 3.63) is 47.2 Å². The number of hydrogen-bond donors (Lipinski definition) is 3. The number of rotatable bonds is 3. The first-order valence-corrected chi connectivity index (χ1v) is 5.91. The molecular formula is C13H14N4O3. The molecule has 0 bridgehead atoms. The highest BCUT2D eigenvalue weighted by atomic mass is 16.3. The van der Waals surface area contributed by atoms with E-state index in [1.165, 1.54) is 12.2 Å². The van der Waals surface area contributed by atoms with Crippen LogP contribution in [-0.4, -0.2) is 22.0 Å². The topological polar surface area (TPSA) is 100 Å². The summed E-state index contributed by atoms with van der Waals surface area (Å²) in [5.41, 5.74) is 5.46. The number of aromatic amines is 1. The van der Waals surface area contributed by atoms with Gasteiger partial charge in [0.2, 0.25) is 0 Å². The predicted molar refractivity (Wildman–Crippen MR) is 71.4 cm³/mol. The molecule has 0 aromatic carbocycles. The molecule has 2 aromatic heterocycles. The number of hydrogen-bond acceptors (Lipinski definition) is 4. The minimum atomic E-state index is -0.495. The summed E-state index contributed by atoms with van der Waals surface area (Å²) in [5.74, 6) is 0.351. The molecule has 0 aliphatic heterocycles. The van der Waals surface area contributed by atoms with Crippen LogP contribution in [0.15, 0.2) is 28.7 Å². The summed E-state index contributed by atoms with van der Waals surface area (Å²) in [6.07, 6.45) is 2.77. The Labute approximate surface area is 115 Å². The van der Waals surface area contributed by atoms with E-state index in [0.717, 1.165) is 11.5 Å². The summed E-state index contributed by atoms with van der Waals surface area (Å²) in [4.78, 5) is 23.1. The molecule has 2 heterocycles. The van der Waals surface area contributed by atoms with E-state index in [2.05, 4.69) is 21.0 Å². The quantitative estimate of drug-likeness (QED) is 0.576. The van der Waals surface area contributed by atoms with Gasteiger partial charge in [-0.1, -0.05) is 0 Å². The molecule has 0 atom stereocenters. The van der Waals surface area contributed by atoms with E-state index in [1.54, 1.807) is 25.1 Å². The standard InChI is InChI=1S/C13H14N4O3/c1-8-7-11(15-14-8)13(19)17-16-12(18)6-5-10-4-3-9(2)20-10/h3-7H,1-2H3,(H,14,15)(H,16,18)(H,17,19)/b6-5+. The zero-order chi connectivity index (χ0) is 14.5. The number of amides is 2. The van der Waals surface area contributed by atoms with E-state index in [1.807, 2.05) is 6.92 Å². The minimum Gasteiger partial charge on any atom is -0.462 e. The van der Waals surface area contributed by atoms with Crippen molar-refractivity contribution in [3.8, 4) is 0 Å². The number of carbonyl (C=O) groups excluding carboxylic acids is 2. The fourth-order valence-electron chi connectivity index (χ4n) is 1.46. The Kier molecular flexibility index (Phi) is 3.99. The van der Waals surface area contributed by atoms with Gasteiger partial charge in [0.05, 0.1) is 0 Å². The lowest BCUT2D eigenvalue weighted by Gasteiger charge is -2.02. The molecule has 0 aliphatic rings. The Hall–Kier alpha value is -2.83. The third-order valence-electron chi connectivity index (χ3n) is 2.40. The molecule has 7 heteroatoms. The van der Waals surface area contributed by atoms with Gasteiger partial charge in [-0.15, -0.1) is 0 Å². The molecule has 2 amide bonds. The second-order valence-electron chi connectivity index (χ2n) is 4.16. The third kappa shape index (κ3) is 3.58. The summed E-state index contributed by atoms with van der Waals surface area (Å²) in [6, 6.07) is 5.10. The maximum absolute atomic E-state index is 11.6. The van der Waals surface area contributed by atoms with Gasteiger partial charge in [-0.25, -0.2) is 0 Å². The van der Waals surface area contributed by atoms with Gasteiger partial charge in [0, 0.05) is 11.8 Å². The molecule has 3 N–H and O–H groups in total. The maximum atomic E-state index is 11.6. The Balaban J connectivity index is 1.83. The van der Waals surface area contributed by atoms with Gasteiger partial charge < -0.3 is 4.42 Å². The van der Waals surface area contributed by atoms with E-state index in [4.69, 9.17) is 4.42 Å². The Morgan fingerprint density at radius 3 is 2.70 bits per heavy atom. The molecular weight excluding hydrogens is 260 g/mol. The van der Waals surface area contributed by atoms with Gasteiger partial charge in [0.1, 0.15) is 11.5 Å². The van der Waals surface area contributed by atoms with Crippen molar-refractivity contribution < 1.29 is 14.0 Å². The normalized spacial score (nSPS) is 10.7. The van der Waals surface area contributed by atoms with Crippen LogP contribution in [0.1, 0.15) is 27.7 Å². The highest BCUT2D eigenvalue weighted by Gasteiger charge is 2.09. The van der Waals surface area contributed by atoms with Crippen molar-refractivity contribution in [2.24, 2.45) is 0 Å². The highest BCUT2D eigenvalue weighted by Crippen LogP contribution is 2.07. The van der Waals surface area contributed by atoms with Gasteiger partial charge in [-0.05, 0) is 38.1 Å². The number of nitrogens with one attached hydrogen (secondary N) is 3. The van der Waals surface area contributed by atoms with Crippen LogP contribution in [0, 0.1) is 13.8 Å². The van der Waals surface area contributed by atoms with E-state index < -0.39 is 11.8 Å². The molecule has 0 fully saturated rings. The molecule has 20 heavy (non-hydrogen) atoms. The van der Waals surface area contributed by atoms with Crippen molar-refractivity contribution in [2.75, 3.05) is 0 Å². The van der Waals surface area contributed by atoms with E-state index in [9.17, 15) is 9.59 Å². The lowest BCUT2D eigenvalue weighted by Crippen LogP contribution is -2.40. The number of carbonyl (C=O) groups is 2. The van der Waals surface area contributed by atoms with Crippen LogP contribution in [-0.2, 0) is 4.79 Å². The lowest BCUT2D eigenvalue weighted by atomic mass is 10.3. The van der Waals surface area contributed by atoms with E-state index in [0.29, 0.717) is 5.76 Å². The minimum absolute atomic E-state index is 0.202. The predicted octanol–water partition coefficient (Wildman–Crippen LogP) is 1.09. The van der Waals surface area contributed by atoms with Gasteiger partial charge >= 0.3 is 0 Å². The molecule has 0 spiro atoms. The first-order chi connectivity index (χ1) is 9.54. The van der Waals surface area contributed by atoms with E-state index in [-0.39, 0.29) is 5.69 Å². The zero-order valence-corrected chi connectivity index (χ0v) is 11.1. The van der Waals surface area contributed by atoms with Crippen LogP contribution >= 0.6 is 0 Å². The number of aromatic nitrogens is 2. The van der Waals surface area contributed by atoms with Crippen LogP contribution in [0.2, 0.25) is 0 Å². The summed E-state index contributed by atoms with van der Waals surface area (Å²) in [7, 11) is 0. The van der Waals surface area contributed by atoms with Crippen LogP contribution in [0.25, 0.3) is 6.08 Å². The van der Waals surface area contributed by atoms with Gasteiger partial charge in [0.15, 0.2) is 5.69 Å². The average Bonchev–Trinajstić information content (AvgIpc) is 3.02. The maximum Gasteiger partial charge on any atom is 0.290 e. The molecule has 7 nitrogen and oxygen atoms in total. The summed E-state index contributed by atoms with van der Waals surface area (Å²) < 4.78 is 5.26. The van der Waals surface area contributed by atoms with Gasteiger partial charge in [-0.2, -0.15) is 5.10 Å². The molecule has 0 aliphatic carbocycles. The van der Waals surface area contributed by atoms with E-state index >= 15 is 0 Å². The fourth-order valence-corrected chi connectivity index (χ4v) is 1.46. The second-order valence-corrected chi connectivity index (χ2v) is 4.16.